The molecule has 2 aliphatic carbocycles. The first-order valence-corrected chi connectivity index (χ1v) is 5.32. The summed E-state index contributed by atoms with van der Waals surface area (Å²) in [6.07, 6.45) is 8.59. The van der Waals surface area contributed by atoms with E-state index in [2.05, 4.69) is 10.1 Å². The molecule has 2 fully saturated rings. The van der Waals surface area contributed by atoms with E-state index < -0.39 is 0 Å². The lowest BCUT2D eigenvalue weighted by Crippen LogP contribution is -2.28. The van der Waals surface area contributed by atoms with Crippen molar-refractivity contribution >= 4 is 5.97 Å². The molecule has 0 spiro atoms. The van der Waals surface area contributed by atoms with Crippen LogP contribution >= 0.6 is 0 Å². The Bertz CT molecular complexity index is 230. The molecular formula is C11H17NO2. The third-order valence-electron chi connectivity index (χ3n) is 2.97. The minimum absolute atomic E-state index is 0.289. The zero-order valence-corrected chi connectivity index (χ0v) is 8.53. The second kappa shape index (κ2) is 4.03. The molecule has 0 heterocycles. The van der Waals surface area contributed by atoms with Gasteiger partial charge in [-0.25, -0.2) is 4.79 Å². The molecule has 0 atom stereocenters. The number of carbonyl (C=O) groups excluding carboxylic acids is 1. The minimum atomic E-state index is -0.289. The van der Waals surface area contributed by atoms with E-state index in [9.17, 15) is 4.79 Å². The molecule has 0 aromatic carbocycles. The molecule has 3 heteroatoms. The molecule has 0 bridgehead atoms. The Morgan fingerprint density at radius 1 is 1.36 bits per heavy atom. The van der Waals surface area contributed by atoms with E-state index in [1.807, 2.05) is 0 Å². The van der Waals surface area contributed by atoms with Crippen molar-refractivity contribution in [2.75, 3.05) is 7.11 Å². The van der Waals surface area contributed by atoms with Gasteiger partial charge < -0.3 is 10.1 Å². The molecule has 2 aliphatic rings. The van der Waals surface area contributed by atoms with Crippen molar-refractivity contribution in [3.05, 3.63) is 12.3 Å². The maximum absolute atomic E-state index is 10.8. The van der Waals surface area contributed by atoms with Crippen LogP contribution in [0.25, 0.3) is 0 Å². The lowest BCUT2D eigenvalue weighted by molar-refractivity contribution is -0.134. The van der Waals surface area contributed by atoms with Crippen molar-refractivity contribution in [2.45, 2.75) is 31.7 Å². The minimum Gasteiger partial charge on any atom is -0.466 e. The predicted octanol–water partition coefficient (Wildman–Crippen LogP) is 1.45. The standard InChI is InChI=1S/C11H17NO2/c1-14-10(13)6-7-12-11(8-2-3-8)9-4-5-9/h6-9,11-12H,2-5H2,1H3/b7-6+. The van der Waals surface area contributed by atoms with Crippen molar-refractivity contribution in [1.82, 2.24) is 5.32 Å². The Labute approximate surface area is 84.5 Å². The highest BCUT2D eigenvalue weighted by atomic mass is 16.5. The molecule has 1 N–H and O–H groups in total. The molecule has 78 valence electrons. The summed E-state index contributed by atoms with van der Waals surface area (Å²) < 4.78 is 4.52. The predicted molar refractivity (Wildman–Crippen MR) is 53.5 cm³/mol. The summed E-state index contributed by atoms with van der Waals surface area (Å²) in [5.74, 6) is 1.41. The average molecular weight is 195 g/mol. The fraction of sp³-hybridized carbons (Fsp3) is 0.727. The number of ether oxygens (including phenoxy) is 1. The Morgan fingerprint density at radius 3 is 2.36 bits per heavy atom. The molecule has 0 aromatic rings. The molecule has 0 amide bonds. The summed E-state index contributed by atoms with van der Waals surface area (Å²) in [6, 6.07) is 0.607. The van der Waals surface area contributed by atoms with Gasteiger partial charge in [-0.3, -0.25) is 0 Å². The molecule has 0 aliphatic heterocycles. The molecule has 0 radical (unpaired) electrons. The maximum Gasteiger partial charge on any atom is 0.331 e. The highest BCUT2D eigenvalue weighted by Crippen LogP contribution is 2.44. The van der Waals surface area contributed by atoms with Gasteiger partial charge in [0.05, 0.1) is 7.11 Å². The van der Waals surface area contributed by atoms with Crippen molar-refractivity contribution < 1.29 is 9.53 Å². The highest BCUT2D eigenvalue weighted by molar-refractivity contribution is 5.81. The quantitative estimate of drug-likeness (QED) is 0.533. The summed E-state index contributed by atoms with van der Waals surface area (Å²) >= 11 is 0. The van der Waals surface area contributed by atoms with Crippen LogP contribution in [0.2, 0.25) is 0 Å². The number of carbonyl (C=O) groups is 1. The Morgan fingerprint density at radius 2 is 1.93 bits per heavy atom. The fourth-order valence-electron chi connectivity index (χ4n) is 1.86. The van der Waals surface area contributed by atoms with Crippen LogP contribution in [-0.4, -0.2) is 19.1 Å². The molecule has 2 saturated carbocycles. The first kappa shape index (κ1) is 9.56. The lowest BCUT2D eigenvalue weighted by Gasteiger charge is -2.15. The fourth-order valence-corrected chi connectivity index (χ4v) is 1.86. The summed E-state index contributed by atoms with van der Waals surface area (Å²) in [5.41, 5.74) is 0. The molecular weight excluding hydrogens is 178 g/mol. The molecule has 0 saturated heterocycles. The number of esters is 1. The van der Waals surface area contributed by atoms with E-state index in [0.29, 0.717) is 6.04 Å². The van der Waals surface area contributed by atoms with E-state index in [4.69, 9.17) is 0 Å². The van der Waals surface area contributed by atoms with Crippen molar-refractivity contribution in [2.24, 2.45) is 11.8 Å². The molecule has 0 unspecified atom stereocenters. The van der Waals surface area contributed by atoms with Gasteiger partial charge in [0.2, 0.25) is 0 Å². The van der Waals surface area contributed by atoms with Crippen LogP contribution in [0.4, 0.5) is 0 Å². The number of hydrogen-bond acceptors (Lipinski definition) is 3. The van der Waals surface area contributed by atoms with Crippen molar-refractivity contribution in [3.8, 4) is 0 Å². The van der Waals surface area contributed by atoms with Crippen LogP contribution < -0.4 is 5.32 Å². The first-order valence-electron chi connectivity index (χ1n) is 5.32. The van der Waals surface area contributed by atoms with Gasteiger partial charge >= 0.3 is 5.97 Å². The number of nitrogens with one attached hydrogen (secondary N) is 1. The van der Waals surface area contributed by atoms with Crippen LogP contribution in [0, 0.1) is 11.8 Å². The van der Waals surface area contributed by atoms with Crippen molar-refractivity contribution in [1.29, 1.82) is 0 Å². The van der Waals surface area contributed by atoms with E-state index in [1.54, 1.807) is 6.20 Å². The smallest absolute Gasteiger partial charge is 0.331 e. The third kappa shape index (κ3) is 2.50. The normalized spacial score (nSPS) is 21.6. The van der Waals surface area contributed by atoms with Gasteiger partial charge in [-0.2, -0.15) is 0 Å². The average Bonchev–Trinajstić information content (AvgIpc) is 3.03. The number of hydrogen-bond donors (Lipinski definition) is 1. The van der Waals surface area contributed by atoms with Crippen LogP contribution in [0.3, 0.4) is 0 Å². The molecule has 2 rings (SSSR count). The molecule has 3 nitrogen and oxygen atoms in total. The Hall–Kier alpha value is -0.990. The third-order valence-corrected chi connectivity index (χ3v) is 2.97. The first-order chi connectivity index (χ1) is 6.81. The van der Waals surface area contributed by atoms with Crippen molar-refractivity contribution in [3.63, 3.8) is 0 Å². The monoisotopic (exact) mass is 195 g/mol. The second-order valence-electron chi connectivity index (χ2n) is 4.22. The van der Waals surface area contributed by atoms with E-state index in [0.717, 1.165) is 11.8 Å². The van der Waals surface area contributed by atoms with E-state index in [1.165, 1.54) is 38.9 Å². The lowest BCUT2D eigenvalue weighted by atomic mass is 10.1. The van der Waals surface area contributed by atoms with E-state index >= 15 is 0 Å². The number of rotatable bonds is 5. The van der Waals surface area contributed by atoms with Gasteiger partial charge in [0.15, 0.2) is 0 Å². The van der Waals surface area contributed by atoms with Crippen LogP contribution in [-0.2, 0) is 9.53 Å². The van der Waals surface area contributed by atoms with Gasteiger partial charge in [0.25, 0.3) is 0 Å². The SMILES string of the molecule is COC(=O)/C=C/NC(C1CC1)C1CC1. The second-order valence-corrected chi connectivity index (χ2v) is 4.22. The Balaban J connectivity index is 1.76. The maximum atomic E-state index is 10.8. The summed E-state index contributed by atoms with van der Waals surface area (Å²) in [6.45, 7) is 0. The summed E-state index contributed by atoms with van der Waals surface area (Å²) in [5, 5.41) is 3.33. The van der Waals surface area contributed by atoms with Crippen LogP contribution in [0.15, 0.2) is 12.3 Å². The van der Waals surface area contributed by atoms with Gasteiger partial charge in [0, 0.05) is 18.3 Å². The Kier molecular flexibility index (Phi) is 2.75. The van der Waals surface area contributed by atoms with Crippen LogP contribution in [0.1, 0.15) is 25.7 Å². The summed E-state index contributed by atoms with van der Waals surface area (Å²) in [4.78, 5) is 10.8. The van der Waals surface area contributed by atoms with Crippen LogP contribution in [0.5, 0.6) is 0 Å². The van der Waals surface area contributed by atoms with E-state index in [-0.39, 0.29) is 5.97 Å². The molecule has 14 heavy (non-hydrogen) atoms. The zero-order valence-electron chi connectivity index (χ0n) is 8.53. The van der Waals surface area contributed by atoms with Gasteiger partial charge in [-0.05, 0) is 37.5 Å². The van der Waals surface area contributed by atoms with Gasteiger partial charge in [-0.1, -0.05) is 0 Å². The van der Waals surface area contributed by atoms with Gasteiger partial charge in [-0.15, -0.1) is 0 Å². The van der Waals surface area contributed by atoms with Gasteiger partial charge in [0.1, 0.15) is 0 Å². The molecule has 0 aromatic heterocycles. The zero-order chi connectivity index (χ0) is 9.97. The topological polar surface area (TPSA) is 38.3 Å². The highest BCUT2D eigenvalue weighted by Gasteiger charge is 2.40. The largest absolute Gasteiger partial charge is 0.466 e. The summed E-state index contributed by atoms with van der Waals surface area (Å²) in [7, 11) is 1.39. The number of methoxy groups -OCH3 is 1.